The van der Waals surface area contributed by atoms with Gasteiger partial charge >= 0.3 is 37.9 Å². The molecular formula is C42H48Cl2SiZr. The van der Waals surface area contributed by atoms with Gasteiger partial charge < -0.3 is 0 Å². The number of benzene rings is 4. The van der Waals surface area contributed by atoms with Gasteiger partial charge in [-0.2, -0.15) is 12.1 Å². The van der Waals surface area contributed by atoms with E-state index in [1.807, 2.05) is 0 Å². The van der Waals surface area contributed by atoms with Gasteiger partial charge in [-0.15, -0.1) is 69.1 Å². The Morgan fingerprint density at radius 1 is 0.565 bits per heavy atom. The van der Waals surface area contributed by atoms with Crippen LogP contribution in [-0.4, -0.2) is 9.52 Å². The Balaban J connectivity index is 0.000000214. The molecule has 0 aliphatic carbocycles. The summed E-state index contributed by atoms with van der Waals surface area (Å²) in [5.74, 6) is 1.09. The summed E-state index contributed by atoms with van der Waals surface area (Å²) >= 11 is -0.826. The molecule has 0 saturated heterocycles. The predicted molar refractivity (Wildman–Crippen MR) is 206 cm³/mol. The molecule has 0 amide bonds. The van der Waals surface area contributed by atoms with E-state index in [-0.39, 0.29) is 0 Å². The van der Waals surface area contributed by atoms with Gasteiger partial charge in [0, 0.05) is 9.52 Å². The first-order valence-corrected chi connectivity index (χ1v) is 24.7. The van der Waals surface area contributed by atoms with E-state index in [2.05, 4.69) is 164 Å². The minimum absolute atomic E-state index is 0.544. The van der Waals surface area contributed by atoms with Gasteiger partial charge in [-0.25, -0.2) is 0 Å². The van der Waals surface area contributed by atoms with Gasteiger partial charge in [-0.05, 0) is 46.9 Å². The average Bonchev–Trinajstić information content (AvgIpc) is 3.70. The summed E-state index contributed by atoms with van der Waals surface area (Å²) in [4.78, 5) is 0. The van der Waals surface area contributed by atoms with Crippen molar-refractivity contribution in [1.82, 2.24) is 0 Å². The first-order valence-electron chi connectivity index (χ1n) is 16.3. The predicted octanol–water partition coefficient (Wildman–Crippen LogP) is 14.0. The molecule has 0 aliphatic heterocycles. The molecule has 0 bridgehead atoms. The molecule has 238 valence electrons. The Morgan fingerprint density at radius 2 is 0.891 bits per heavy atom. The molecule has 0 spiro atoms. The van der Waals surface area contributed by atoms with E-state index in [4.69, 9.17) is 17.0 Å². The Morgan fingerprint density at radius 3 is 1.22 bits per heavy atom. The summed E-state index contributed by atoms with van der Waals surface area (Å²) in [6, 6.07) is 40.2. The van der Waals surface area contributed by atoms with Crippen molar-refractivity contribution in [3.63, 3.8) is 0 Å². The fraction of sp³-hybridized carbons (Fsp3) is 0.286. The Hall–Kier alpha value is -2.22. The van der Waals surface area contributed by atoms with Gasteiger partial charge in [0.05, 0.1) is 0 Å². The molecule has 46 heavy (non-hydrogen) atoms. The number of rotatable bonds is 6. The SMILES string of the molecule is CCc1cc2c(-c3ccccc3C(C)C)cccc2[cH-]1.CCc1cc2c(-c3ccccc3C(C)C)cccc2[cH-]1.C[Si]C.[Cl][Zr+2][Cl]. The number of hydrogen-bond donors (Lipinski definition) is 0. The summed E-state index contributed by atoms with van der Waals surface area (Å²) in [7, 11) is 11.0. The number of hydrogen-bond acceptors (Lipinski definition) is 0. The summed E-state index contributed by atoms with van der Waals surface area (Å²) in [5.41, 5.74) is 11.2. The van der Waals surface area contributed by atoms with Gasteiger partial charge in [0.15, 0.2) is 0 Å². The van der Waals surface area contributed by atoms with E-state index in [1.165, 1.54) is 66.1 Å². The third-order valence-corrected chi connectivity index (χ3v) is 8.18. The van der Waals surface area contributed by atoms with Crippen molar-refractivity contribution in [2.45, 2.75) is 79.3 Å². The van der Waals surface area contributed by atoms with Crippen molar-refractivity contribution in [2.24, 2.45) is 0 Å². The molecule has 0 heterocycles. The van der Waals surface area contributed by atoms with E-state index < -0.39 is 20.8 Å². The molecule has 0 atom stereocenters. The van der Waals surface area contributed by atoms with Crippen LogP contribution in [0.25, 0.3) is 43.8 Å². The van der Waals surface area contributed by atoms with Crippen molar-refractivity contribution < 1.29 is 20.8 Å². The molecule has 0 aliphatic rings. The van der Waals surface area contributed by atoms with Crippen molar-refractivity contribution in [3.8, 4) is 22.3 Å². The Labute approximate surface area is 299 Å². The maximum atomic E-state index is 4.93. The Kier molecular flexibility index (Phi) is 16.3. The van der Waals surface area contributed by atoms with Crippen LogP contribution in [0.15, 0.2) is 109 Å². The van der Waals surface area contributed by atoms with Gasteiger partial charge in [0.2, 0.25) is 0 Å². The first kappa shape index (κ1) is 38.2. The molecular weight excluding hydrogens is 695 g/mol. The Bertz CT molecular complexity index is 1640. The minimum atomic E-state index is -0.826. The van der Waals surface area contributed by atoms with Crippen LogP contribution in [0.4, 0.5) is 0 Å². The summed E-state index contributed by atoms with van der Waals surface area (Å²) in [6.07, 6.45) is 2.19. The molecule has 0 nitrogen and oxygen atoms in total. The van der Waals surface area contributed by atoms with Crippen LogP contribution in [0.5, 0.6) is 0 Å². The average molecular weight is 743 g/mol. The number of aryl methyl sites for hydroxylation is 2. The molecule has 0 N–H and O–H groups in total. The van der Waals surface area contributed by atoms with E-state index in [1.54, 1.807) is 0 Å². The van der Waals surface area contributed by atoms with Crippen LogP contribution in [0.3, 0.4) is 0 Å². The topological polar surface area (TPSA) is 0 Å². The van der Waals surface area contributed by atoms with Crippen molar-refractivity contribution in [3.05, 3.63) is 131 Å². The molecule has 0 saturated carbocycles. The van der Waals surface area contributed by atoms with Gasteiger partial charge in [0.25, 0.3) is 0 Å². The fourth-order valence-electron chi connectivity index (χ4n) is 5.96. The maximum absolute atomic E-state index is 4.93. The second-order valence-electron chi connectivity index (χ2n) is 12.1. The quantitative estimate of drug-likeness (QED) is 0.118. The summed E-state index contributed by atoms with van der Waals surface area (Å²) in [6.45, 7) is 17.8. The standard InChI is InChI=1S/2C20H21.C2H6Si.2ClH.Zr/c2*1-4-15-12-16-8-7-11-19(20(16)13-15)18-10-6-5-9-17(18)14(2)3;1-3-2;;;/h2*5-14H,4H2,1-3H3;1-2H3;2*1H;/q2*-1;;;;+4/p-2. The van der Waals surface area contributed by atoms with Crippen LogP contribution < -0.4 is 0 Å². The van der Waals surface area contributed by atoms with Crippen LogP contribution in [-0.2, 0) is 33.7 Å². The second-order valence-corrected chi connectivity index (χ2v) is 16.8. The monoisotopic (exact) mass is 740 g/mol. The molecule has 4 heteroatoms. The van der Waals surface area contributed by atoms with E-state index >= 15 is 0 Å². The zero-order valence-electron chi connectivity index (χ0n) is 28.7. The van der Waals surface area contributed by atoms with Crippen LogP contribution in [0, 0.1) is 0 Å². The molecule has 0 fully saturated rings. The van der Waals surface area contributed by atoms with Gasteiger partial charge in [-0.1, -0.05) is 126 Å². The van der Waals surface area contributed by atoms with Crippen molar-refractivity contribution in [2.75, 3.05) is 0 Å². The molecule has 2 radical (unpaired) electrons. The van der Waals surface area contributed by atoms with Gasteiger partial charge in [0.1, 0.15) is 0 Å². The van der Waals surface area contributed by atoms with E-state index in [0.717, 1.165) is 22.4 Å². The van der Waals surface area contributed by atoms with Crippen LogP contribution in [0.2, 0.25) is 13.1 Å². The van der Waals surface area contributed by atoms with Crippen molar-refractivity contribution in [1.29, 1.82) is 0 Å². The number of halogens is 2. The third-order valence-electron chi connectivity index (χ3n) is 8.18. The fourth-order valence-corrected chi connectivity index (χ4v) is 5.96. The molecule has 0 unspecified atom stereocenters. The number of fused-ring (bicyclic) bond motifs is 2. The normalized spacial score (nSPS) is 10.5. The van der Waals surface area contributed by atoms with E-state index in [9.17, 15) is 0 Å². The zero-order valence-corrected chi connectivity index (χ0v) is 33.7. The third kappa shape index (κ3) is 9.90. The molecule has 6 rings (SSSR count). The van der Waals surface area contributed by atoms with Gasteiger partial charge in [-0.3, -0.25) is 0 Å². The van der Waals surface area contributed by atoms with Crippen molar-refractivity contribution >= 4 is 48.1 Å². The summed E-state index contributed by atoms with van der Waals surface area (Å²) in [5, 5.41) is 5.49. The molecule has 6 aromatic carbocycles. The zero-order chi connectivity index (χ0) is 33.6. The van der Waals surface area contributed by atoms with Crippen LogP contribution >= 0.6 is 17.0 Å². The molecule has 0 aromatic heterocycles. The van der Waals surface area contributed by atoms with Crippen LogP contribution in [0.1, 0.15) is 75.6 Å². The molecule has 6 aromatic rings. The first-order chi connectivity index (χ1) is 22.2. The second kappa shape index (κ2) is 19.6. The summed E-state index contributed by atoms with van der Waals surface area (Å²) < 4.78 is 0. The van der Waals surface area contributed by atoms with E-state index in [0.29, 0.717) is 11.8 Å².